The zero-order valence-electron chi connectivity index (χ0n) is 10.3. The molecule has 0 aromatic carbocycles. The number of rotatable bonds is 5. The molecule has 0 aliphatic heterocycles. The number of nitrogens with zero attached hydrogens (tertiary/aromatic N) is 2. The molecule has 0 spiro atoms. The van der Waals surface area contributed by atoms with Crippen LogP contribution in [-0.4, -0.2) is 22.0 Å². The monoisotopic (exact) mass is 303 g/mol. The van der Waals surface area contributed by atoms with Crippen molar-refractivity contribution in [2.75, 3.05) is 6.54 Å². The summed E-state index contributed by atoms with van der Waals surface area (Å²) in [5.41, 5.74) is 6.21. The lowest BCUT2D eigenvalue weighted by atomic mass is 9.94. The van der Waals surface area contributed by atoms with Crippen molar-refractivity contribution < 1.29 is 4.39 Å². The van der Waals surface area contributed by atoms with E-state index in [2.05, 4.69) is 21.0 Å². The summed E-state index contributed by atoms with van der Waals surface area (Å²) in [5, 5.41) is 4.39. The Hall–Kier alpha value is -0.420. The second-order valence-corrected chi connectivity index (χ2v) is 5.64. The van der Waals surface area contributed by atoms with Crippen molar-refractivity contribution >= 4 is 15.9 Å². The maximum atomic E-state index is 14.7. The highest BCUT2D eigenvalue weighted by Gasteiger charge is 2.45. The molecule has 1 aromatic rings. The Morgan fingerprint density at radius 2 is 2.24 bits per heavy atom. The highest BCUT2D eigenvalue weighted by atomic mass is 79.9. The van der Waals surface area contributed by atoms with E-state index < -0.39 is 5.67 Å². The van der Waals surface area contributed by atoms with Gasteiger partial charge in [-0.2, -0.15) is 5.10 Å². The van der Waals surface area contributed by atoms with Crippen LogP contribution >= 0.6 is 15.9 Å². The molecule has 1 fully saturated rings. The average Bonchev–Trinajstić information content (AvgIpc) is 3.13. The van der Waals surface area contributed by atoms with Gasteiger partial charge in [-0.25, -0.2) is 4.39 Å². The summed E-state index contributed by atoms with van der Waals surface area (Å²) >= 11 is 3.50. The fraction of sp³-hybridized carbons (Fsp3) is 0.750. The molecule has 1 aromatic heterocycles. The number of halogens is 2. The molecule has 17 heavy (non-hydrogen) atoms. The van der Waals surface area contributed by atoms with Crippen molar-refractivity contribution in [1.82, 2.24) is 9.78 Å². The smallest absolute Gasteiger partial charge is 0.131 e. The molecule has 1 saturated carbocycles. The fourth-order valence-electron chi connectivity index (χ4n) is 2.30. The fourth-order valence-corrected chi connectivity index (χ4v) is 2.72. The SMILES string of the molecule is CCn1nc(C)c(Br)c1CC(F)(CN)C1CC1. The Morgan fingerprint density at radius 1 is 1.59 bits per heavy atom. The molecule has 1 aliphatic carbocycles. The topological polar surface area (TPSA) is 43.8 Å². The van der Waals surface area contributed by atoms with Gasteiger partial charge in [-0.15, -0.1) is 0 Å². The molecule has 2 rings (SSSR count). The Labute approximate surface area is 110 Å². The van der Waals surface area contributed by atoms with E-state index in [4.69, 9.17) is 5.73 Å². The number of nitrogens with two attached hydrogens (primary N) is 1. The molecule has 96 valence electrons. The van der Waals surface area contributed by atoms with E-state index in [1.54, 1.807) is 0 Å². The Morgan fingerprint density at radius 3 is 2.71 bits per heavy atom. The Balaban J connectivity index is 2.27. The molecule has 1 unspecified atom stereocenters. The molecule has 1 atom stereocenters. The van der Waals surface area contributed by atoms with E-state index in [-0.39, 0.29) is 12.5 Å². The first kappa shape index (κ1) is 13.0. The summed E-state index contributed by atoms with van der Waals surface area (Å²) in [6.07, 6.45) is 2.29. The van der Waals surface area contributed by atoms with Crippen LogP contribution in [0.5, 0.6) is 0 Å². The molecule has 2 N–H and O–H groups in total. The second-order valence-electron chi connectivity index (χ2n) is 4.85. The van der Waals surface area contributed by atoms with Crippen LogP contribution in [0.1, 0.15) is 31.2 Å². The van der Waals surface area contributed by atoms with Crippen LogP contribution in [0.3, 0.4) is 0 Å². The van der Waals surface area contributed by atoms with Gasteiger partial charge in [-0.05, 0) is 48.5 Å². The average molecular weight is 304 g/mol. The van der Waals surface area contributed by atoms with Gasteiger partial charge < -0.3 is 5.73 Å². The van der Waals surface area contributed by atoms with Crippen molar-refractivity contribution in [1.29, 1.82) is 0 Å². The third-order valence-electron chi connectivity index (χ3n) is 3.56. The lowest BCUT2D eigenvalue weighted by Gasteiger charge is -2.23. The molecule has 0 saturated heterocycles. The summed E-state index contributed by atoms with van der Waals surface area (Å²) in [7, 11) is 0. The zero-order valence-corrected chi connectivity index (χ0v) is 11.9. The summed E-state index contributed by atoms with van der Waals surface area (Å²) < 4.78 is 17.5. The lowest BCUT2D eigenvalue weighted by Crippen LogP contribution is -2.38. The number of hydrogen-bond donors (Lipinski definition) is 1. The third kappa shape index (κ3) is 2.40. The van der Waals surface area contributed by atoms with Gasteiger partial charge in [-0.1, -0.05) is 0 Å². The number of alkyl halides is 1. The van der Waals surface area contributed by atoms with Gasteiger partial charge in [0.05, 0.1) is 15.9 Å². The normalized spacial score (nSPS) is 19.4. The molecule has 0 radical (unpaired) electrons. The highest BCUT2D eigenvalue weighted by molar-refractivity contribution is 9.10. The molecule has 1 aliphatic rings. The largest absolute Gasteiger partial charge is 0.328 e. The first-order chi connectivity index (χ1) is 8.01. The maximum absolute atomic E-state index is 14.7. The second kappa shape index (κ2) is 4.69. The minimum absolute atomic E-state index is 0.0953. The third-order valence-corrected chi connectivity index (χ3v) is 4.59. The van der Waals surface area contributed by atoms with E-state index in [0.29, 0.717) is 6.42 Å². The predicted molar refractivity (Wildman–Crippen MR) is 69.7 cm³/mol. The summed E-state index contributed by atoms with van der Waals surface area (Å²) in [5.74, 6) is 0.139. The van der Waals surface area contributed by atoms with Crippen molar-refractivity contribution in [2.45, 2.75) is 45.3 Å². The summed E-state index contributed by atoms with van der Waals surface area (Å²) in [4.78, 5) is 0. The van der Waals surface area contributed by atoms with Gasteiger partial charge in [0.25, 0.3) is 0 Å². The Kier molecular flexibility index (Phi) is 3.59. The quantitative estimate of drug-likeness (QED) is 0.908. The van der Waals surface area contributed by atoms with E-state index in [1.807, 2.05) is 18.5 Å². The lowest BCUT2D eigenvalue weighted by molar-refractivity contribution is 0.139. The first-order valence-electron chi connectivity index (χ1n) is 6.12. The van der Waals surface area contributed by atoms with Gasteiger partial charge in [-0.3, -0.25) is 4.68 Å². The van der Waals surface area contributed by atoms with Crippen LogP contribution in [0.4, 0.5) is 4.39 Å². The number of aromatic nitrogens is 2. The van der Waals surface area contributed by atoms with E-state index in [9.17, 15) is 4.39 Å². The van der Waals surface area contributed by atoms with Crippen molar-refractivity contribution in [3.8, 4) is 0 Å². The van der Waals surface area contributed by atoms with Crippen LogP contribution in [0.25, 0.3) is 0 Å². The summed E-state index contributed by atoms with van der Waals surface area (Å²) in [6.45, 7) is 4.80. The molecule has 0 bridgehead atoms. The standard InChI is InChI=1S/C12H19BrFN3/c1-3-17-10(11(13)8(2)16-17)6-12(14,7-15)9-4-5-9/h9H,3-7,15H2,1-2H3. The molecule has 3 nitrogen and oxygen atoms in total. The van der Waals surface area contributed by atoms with E-state index in [1.165, 1.54) is 0 Å². The van der Waals surface area contributed by atoms with E-state index in [0.717, 1.165) is 35.2 Å². The van der Waals surface area contributed by atoms with Gasteiger partial charge in [0, 0.05) is 19.5 Å². The minimum atomic E-state index is -1.26. The zero-order chi connectivity index (χ0) is 12.6. The predicted octanol–water partition coefficient (Wildman–Crippen LogP) is 2.59. The molecular formula is C12H19BrFN3. The maximum Gasteiger partial charge on any atom is 0.131 e. The van der Waals surface area contributed by atoms with Crippen LogP contribution < -0.4 is 5.73 Å². The highest BCUT2D eigenvalue weighted by Crippen LogP contribution is 2.44. The number of hydrogen-bond acceptors (Lipinski definition) is 2. The Bertz CT molecular complexity index is 414. The van der Waals surface area contributed by atoms with Gasteiger partial charge in [0.15, 0.2) is 0 Å². The number of aryl methyl sites for hydroxylation is 2. The van der Waals surface area contributed by atoms with E-state index >= 15 is 0 Å². The van der Waals surface area contributed by atoms with Crippen LogP contribution in [-0.2, 0) is 13.0 Å². The van der Waals surface area contributed by atoms with Crippen molar-refractivity contribution in [3.63, 3.8) is 0 Å². The van der Waals surface area contributed by atoms with Crippen LogP contribution in [0.2, 0.25) is 0 Å². The van der Waals surface area contributed by atoms with Gasteiger partial charge in [0.1, 0.15) is 5.67 Å². The van der Waals surface area contributed by atoms with Gasteiger partial charge in [0.2, 0.25) is 0 Å². The molecular weight excluding hydrogens is 285 g/mol. The molecule has 5 heteroatoms. The minimum Gasteiger partial charge on any atom is -0.328 e. The van der Waals surface area contributed by atoms with Crippen LogP contribution in [0, 0.1) is 12.8 Å². The first-order valence-corrected chi connectivity index (χ1v) is 6.92. The molecule has 0 amide bonds. The van der Waals surface area contributed by atoms with Crippen molar-refractivity contribution in [3.05, 3.63) is 15.9 Å². The van der Waals surface area contributed by atoms with Gasteiger partial charge >= 0.3 is 0 Å². The summed E-state index contributed by atoms with van der Waals surface area (Å²) in [6, 6.07) is 0. The van der Waals surface area contributed by atoms with Crippen molar-refractivity contribution in [2.24, 2.45) is 11.7 Å². The molecule has 1 heterocycles. The van der Waals surface area contributed by atoms with Crippen LogP contribution in [0.15, 0.2) is 4.47 Å².